The normalized spacial score (nSPS) is 15.2. The van der Waals surface area contributed by atoms with Gasteiger partial charge in [0.2, 0.25) is 0 Å². The summed E-state index contributed by atoms with van der Waals surface area (Å²) in [5.74, 6) is 2.83. The van der Waals surface area contributed by atoms with Crippen molar-refractivity contribution in [1.29, 1.82) is 0 Å². The first kappa shape index (κ1) is 26.3. The van der Waals surface area contributed by atoms with Gasteiger partial charge in [-0.05, 0) is 80.1 Å². The zero-order chi connectivity index (χ0) is 28.8. The van der Waals surface area contributed by atoms with Crippen molar-refractivity contribution in [2.75, 3.05) is 16.8 Å². The minimum Gasteiger partial charge on any atom is -0.494 e. The monoisotopic (exact) mass is 592 g/mol. The average Bonchev–Trinajstić information content (AvgIpc) is 3.35. The van der Waals surface area contributed by atoms with Gasteiger partial charge in [-0.1, -0.05) is 59.6 Å². The maximum atomic E-state index is 6.60. The minimum absolute atomic E-state index is 0.298. The molecule has 0 amide bonds. The Hall–Kier alpha value is -4.59. The zero-order valence-corrected chi connectivity index (χ0v) is 24.4. The van der Waals surface area contributed by atoms with Gasteiger partial charge >= 0.3 is 0 Å². The summed E-state index contributed by atoms with van der Waals surface area (Å²) in [7, 11) is 0. The van der Waals surface area contributed by atoms with Crippen LogP contribution in [0.4, 0.5) is 22.9 Å². The van der Waals surface area contributed by atoms with Crippen molar-refractivity contribution in [3.05, 3.63) is 124 Å². The second-order valence-electron chi connectivity index (χ2n) is 9.98. The van der Waals surface area contributed by atoms with E-state index >= 15 is 0 Å². The van der Waals surface area contributed by atoms with E-state index in [9.17, 15) is 0 Å². The number of aryl methyl sites for hydroxylation is 1. The lowest BCUT2D eigenvalue weighted by Crippen LogP contribution is -2.46. The van der Waals surface area contributed by atoms with Gasteiger partial charge < -0.3 is 15.0 Å². The van der Waals surface area contributed by atoms with E-state index in [1.165, 1.54) is 0 Å². The summed E-state index contributed by atoms with van der Waals surface area (Å²) in [6, 6.07) is 31.4. The molecule has 0 saturated carbocycles. The number of anilines is 2. The number of nitrogens with zero attached hydrogens (tertiary/aromatic N) is 5. The maximum absolute atomic E-state index is 6.60. The molecule has 0 bridgehead atoms. The Labute approximate surface area is 253 Å². The molecule has 4 aromatic carbocycles. The van der Waals surface area contributed by atoms with Gasteiger partial charge in [0, 0.05) is 11.3 Å². The Kier molecular flexibility index (Phi) is 6.69. The molecule has 2 aliphatic rings. The number of amidine groups is 2. The van der Waals surface area contributed by atoms with E-state index < -0.39 is 0 Å². The second-order valence-corrected chi connectivity index (χ2v) is 10.8. The molecule has 0 saturated heterocycles. The molecular formula is C33H26Cl2N6O. The van der Waals surface area contributed by atoms with E-state index in [4.69, 9.17) is 43.0 Å². The third kappa shape index (κ3) is 4.51. The molecule has 1 atom stereocenters. The van der Waals surface area contributed by atoms with Crippen LogP contribution in [0.5, 0.6) is 5.75 Å². The first-order valence-corrected chi connectivity index (χ1v) is 14.4. The van der Waals surface area contributed by atoms with Crippen LogP contribution in [0, 0.1) is 6.92 Å². The van der Waals surface area contributed by atoms with Crippen LogP contribution in [-0.4, -0.2) is 28.1 Å². The number of halogens is 2. The van der Waals surface area contributed by atoms with Gasteiger partial charge in [-0.25, -0.2) is 14.7 Å². The molecule has 208 valence electrons. The van der Waals surface area contributed by atoms with E-state index in [2.05, 4.69) is 16.3 Å². The van der Waals surface area contributed by atoms with Crippen molar-refractivity contribution in [1.82, 2.24) is 9.78 Å². The van der Waals surface area contributed by atoms with Crippen LogP contribution in [0.1, 0.15) is 29.8 Å². The van der Waals surface area contributed by atoms with Crippen molar-refractivity contribution in [3.63, 3.8) is 0 Å². The molecule has 1 N–H and O–H groups in total. The molecule has 0 fully saturated rings. The maximum Gasteiger partial charge on any atom is 0.179 e. The highest BCUT2D eigenvalue weighted by Gasteiger charge is 2.41. The van der Waals surface area contributed by atoms with Gasteiger partial charge in [-0.2, -0.15) is 5.10 Å². The summed E-state index contributed by atoms with van der Waals surface area (Å²) < 4.78 is 7.54. The molecule has 0 radical (unpaired) electrons. The van der Waals surface area contributed by atoms with E-state index in [1.807, 2.05) is 110 Å². The van der Waals surface area contributed by atoms with Crippen LogP contribution in [0.3, 0.4) is 0 Å². The fraction of sp³-hybridized carbons (Fsp3) is 0.121. The second kappa shape index (κ2) is 10.7. The number of nitrogens with one attached hydrogen (secondary N) is 1. The number of aromatic nitrogens is 2. The SMILES string of the molecule is CCOc1ccc(NC2=Nc3ccccc3N3C2=Nc2c(c(C)nn2-c2ccccc2)[C@@H]3c2ccc(Cl)c(Cl)c2)cc1. The lowest BCUT2D eigenvalue weighted by atomic mass is 9.93. The lowest BCUT2D eigenvalue weighted by Gasteiger charge is -2.40. The predicted molar refractivity (Wildman–Crippen MR) is 171 cm³/mol. The number of hydrogen-bond donors (Lipinski definition) is 1. The Bertz CT molecular complexity index is 1860. The number of para-hydroxylation sites is 3. The van der Waals surface area contributed by atoms with Crippen LogP contribution in [0.2, 0.25) is 10.0 Å². The summed E-state index contributed by atoms with van der Waals surface area (Å²) in [5, 5.41) is 9.49. The molecular weight excluding hydrogens is 567 g/mol. The highest BCUT2D eigenvalue weighted by atomic mass is 35.5. The molecule has 0 spiro atoms. The molecule has 9 heteroatoms. The van der Waals surface area contributed by atoms with E-state index in [-0.39, 0.29) is 6.04 Å². The van der Waals surface area contributed by atoms with Gasteiger partial charge in [0.05, 0.1) is 45.5 Å². The van der Waals surface area contributed by atoms with Crippen LogP contribution in [0.15, 0.2) is 107 Å². The van der Waals surface area contributed by atoms with Gasteiger partial charge in [0.1, 0.15) is 5.75 Å². The van der Waals surface area contributed by atoms with Crippen LogP contribution in [-0.2, 0) is 0 Å². The number of hydrogen-bond acceptors (Lipinski definition) is 6. The highest BCUT2D eigenvalue weighted by Crippen LogP contribution is 2.48. The van der Waals surface area contributed by atoms with Crippen LogP contribution >= 0.6 is 23.2 Å². The lowest BCUT2D eigenvalue weighted by molar-refractivity contribution is 0.340. The van der Waals surface area contributed by atoms with E-state index in [1.54, 1.807) is 0 Å². The molecule has 2 aliphatic heterocycles. The Morgan fingerprint density at radius 3 is 2.38 bits per heavy atom. The Balaban J connectivity index is 1.46. The summed E-state index contributed by atoms with van der Waals surface area (Å²) >= 11 is 13.0. The molecule has 0 unspecified atom stereocenters. The van der Waals surface area contributed by atoms with Crippen molar-refractivity contribution in [3.8, 4) is 11.4 Å². The molecule has 7 nitrogen and oxygen atoms in total. The number of fused-ring (bicyclic) bond motifs is 4. The van der Waals surface area contributed by atoms with Crippen molar-refractivity contribution < 1.29 is 4.74 Å². The number of benzene rings is 4. The number of ether oxygens (including phenoxy) is 1. The third-order valence-electron chi connectivity index (χ3n) is 7.33. The van der Waals surface area contributed by atoms with Crippen molar-refractivity contribution in [2.24, 2.45) is 9.98 Å². The third-order valence-corrected chi connectivity index (χ3v) is 8.07. The zero-order valence-electron chi connectivity index (χ0n) is 22.9. The van der Waals surface area contributed by atoms with E-state index in [0.717, 1.165) is 51.1 Å². The summed E-state index contributed by atoms with van der Waals surface area (Å²) in [6.07, 6.45) is 0. The minimum atomic E-state index is -0.298. The largest absolute Gasteiger partial charge is 0.494 e. The van der Waals surface area contributed by atoms with Crippen molar-refractivity contribution >= 4 is 57.8 Å². The fourth-order valence-electron chi connectivity index (χ4n) is 5.48. The fourth-order valence-corrected chi connectivity index (χ4v) is 5.79. The first-order chi connectivity index (χ1) is 20.5. The smallest absolute Gasteiger partial charge is 0.179 e. The molecule has 42 heavy (non-hydrogen) atoms. The van der Waals surface area contributed by atoms with E-state index in [0.29, 0.717) is 28.3 Å². The van der Waals surface area contributed by atoms with Gasteiger partial charge in [0.15, 0.2) is 17.5 Å². The van der Waals surface area contributed by atoms with Crippen LogP contribution < -0.4 is 15.0 Å². The molecule has 7 rings (SSSR count). The topological polar surface area (TPSA) is 67.0 Å². The number of aliphatic imine (C=N–C) groups is 2. The predicted octanol–water partition coefficient (Wildman–Crippen LogP) is 8.68. The van der Waals surface area contributed by atoms with Gasteiger partial charge in [-0.15, -0.1) is 0 Å². The number of rotatable bonds is 5. The Morgan fingerprint density at radius 2 is 1.62 bits per heavy atom. The summed E-state index contributed by atoms with van der Waals surface area (Å²) in [5.41, 5.74) is 6.36. The average molecular weight is 594 g/mol. The quantitative estimate of drug-likeness (QED) is 0.221. The molecule has 1 aromatic heterocycles. The summed E-state index contributed by atoms with van der Waals surface area (Å²) in [6.45, 7) is 4.60. The van der Waals surface area contributed by atoms with Crippen molar-refractivity contribution in [2.45, 2.75) is 19.9 Å². The van der Waals surface area contributed by atoms with Gasteiger partial charge in [-0.3, -0.25) is 0 Å². The molecule has 5 aromatic rings. The Morgan fingerprint density at radius 1 is 0.857 bits per heavy atom. The van der Waals surface area contributed by atoms with Gasteiger partial charge in [0.25, 0.3) is 0 Å². The standard InChI is InChI=1S/C33H26Cl2N6O/c1-3-42-24-16-14-22(15-17-24)36-31-33-38-32-29(20(2)39-41(32)23-9-5-4-6-10-23)30(21-13-18-25(34)26(35)19-21)40(33)28-12-8-7-11-27(28)37-31/h4-19,30H,3H2,1-2H3,(H,36,37)/t30-/m0/s1. The first-order valence-electron chi connectivity index (χ1n) is 13.7. The highest BCUT2D eigenvalue weighted by molar-refractivity contribution is 6.51. The molecule has 0 aliphatic carbocycles. The molecule has 3 heterocycles. The van der Waals surface area contributed by atoms with Crippen LogP contribution in [0.25, 0.3) is 5.69 Å². The summed E-state index contributed by atoms with van der Waals surface area (Å²) in [4.78, 5) is 12.5.